The fraction of sp³-hybridized carbons (Fsp3) is 0.261. The van der Waals surface area contributed by atoms with Crippen LogP contribution in [0, 0.1) is 11.0 Å². The summed E-state index contributed by atoms with van der Waals surface area (Å²) in [5, 5.41) is 16.9. The maximum Gasteiger partial charge on any atom is 0.347 e. The van der Waals surface area contributed by atoms with Crippen molar-refractivity contribution in [3.8, 4) is 0 Å². The number of hydrogen-bond donors (Lipinski definition) is 3. The first-order chi connectivity index (χ1) is 16.6. The molecule has 7 nitrogen and oxygen atoms in total. The summed E-state index contributed by atoms with van der Waals surface area (Å²) in [6.07, 6.45) is 2.12. The molecule has 1 aromatic carbocycles. The number of carbonyl (C=O) groups is 1. The summed E-state index contributed by atoms with van der Waals surface area (Å²) in [6, 6.07) is 8.80. The molecular weight excluding hydrogens is 506 g/mol. The number of amides is 1. The molecule has 35 heavy (non-hydrogen) atoms. The molecule has 0 bridgehead atoms. The molecule has 0 aliphatic heterocycles. The zero-order valence-electron chi connectivity index (χ0n) is 18.3. The largest absolute Gasteiger partial charge is 0.618 e. The molecule has 1 amide bonds. The van der Waals surface area contributed by atoms with Crippen molar-refractivity contribution in [1.82, 2.24) is 10.3 Å². The number of benzene rings is 1. The number of alkyl halides is 2. The Bertz CT molecular complexity index is 1210. The van der Waals surface area contributed by atoms with Crippen LogP contribution >= 0.6 is 23.2 Å². The number of nitrogens with one attached hydrogen (secondary N) is 2. The highest BCUT2D eigenvalue weighted by atomic mass is 35.5. The Kier molecular flexibility index (Phi) is 8.76. The van der Waals surface area contributed by atoms with Gasteiger partial charge >= 0.3 is 5.92 Å². The molecule has 12 heteroatoms. The van der Waals surface area contributed by atoms with E-state index in [4.69, 9.17) is 28.9 Å². The Labute approximate surface area is 209 Å². The van der Waals surface area contributed by atoms with Crippen LogP contribution < -0.4 is 21.1 Å². The number of rotatable bonds is 10. The predicted octanol–water partition coefficient (Wildman–Crippen LogP) is 3.72. The first-order valence-corrected chi connectivity index (χ1v) is 11.2. The van der Waals surface area contributed by atoms with Gasteiger partial charge in [-0.25, -0.2) is 9.37 Å². The molecule has 0 saturated carbocycles. The van der Waals surface area contributed by atoms with Crippen LogP contribution in [0.15, 0.2) is 48.8 Å². The van der Waals surface area contributed by atoms with E-state index in [1.807, 2.05) is 6.07 Å². The number of nitrogens with two attached hydrogens (primary N) is 1. The smallest absolute Gasteiger partial charge is 0.347 e. The van der Waals surface area contributed by atoms with Crippen molar-refractivity contribution in [2.75, 3.05) is 18.4 Å². The van der Waals surface area contributed by atoms with Crippen molar-refractivity contribution in [2.24, 2.45) is 5.73 Å². The summed E-state index contributed by atoms with van der Waals surface area (Å²) in [6.45, 7) is -0.563. The average molecular weight is 528 g/mol. The highest BCUT2D eigenvalue weighted by molar-refractivity contribution is 6.31. The van der Waals surface area contributed by atoms with Gasteiger partial charge in [-0.2, -0.15) is 13.5 Å². The van der Waals surface area contributed by atoms with Gasteiger partial charge in [0.25, 0.3) is 5.69 Å². The monoisotopic (exact) mass is 527 g/mol. The molecule has 0 unspecified atom stereocenters. The summed E-state index contributed by atoms with van der Waals surface area (Å²) < 4.78 is 43.9. The number of carbonyl (C=O) groups excluding carboxylic acids is 1. The summed E-state index contributed by atoms with van der Waals surface area (Å²) in [5.74, 6) is -5.74. The molecule has 0 atom stereocenters. The summed E-state index contributed by atoms with van der Waals surface area (Å²) in [5.41, 5.74) is 6.27. The fourth-order valence-electron chi connectivity index (χ4n) is 3.36. The van der Waals surface area contributed by atoms with Gasteiger partial charge in [0, 0.05) is 35.5 Å². The molecular formula is C23H22Cl2F3N5O2. The maximum atomic E-state index is 15.0. The SMILES string of the molecule is NCCc1ccc(Cl)cc1CNC(=O)Cc1c(Cl)cnc(NCC(F)(F)c2cccc[n+]2[O-])c1F. The molecule has 0 aliphatic rings. The molecule has 3 aromatic rings. The first-order valence-electron chi connectivity index (χ1n) is 10.5. The lowest BCUT2D eigenvalue weighted by atomic mass is 10.0. The van der Waals surface area contributed by atoms with E-state index in [2.05, 4.69) is 15.6 Å². The van der Waals surface area contributed by atoms with Crippen molar-refractivity contribution < 1.29 is 22.7 Å². The van der Waals surface area contributed by atoms with Gasteiger partial charge in [-0.05, 0) is 42.3 Å². The van der Waals surface area contributed by atoms with Crippen LogP contribution in [0.1, 0.15) is 22.4 Å². The molecule has 2 heterocycles. The minimum atomic E-state index is -3.62. The molecule has 0 spiro atoms. The third-order valence-electron chi connectivity index (χ3n) is 5.14. The Morgan fingerprint density at radius 1 is 1.20 bits per heavy atom. The second-order valence-corrected chi connectivity index (χ2v) is 8.47. The van der Waals surface area contributed by atoms with Crippen LogP contribution in [0.2, 0.25) is 10.0 Å². The van der Waals surface area contributed by atoms with Gasteiger partial charge in [-0.3, -0.25) is 4.79 Å². The van der Waals surface area contributed by atoms with E-state index in [-0.39, 0.29) is 21.9 Å². The Morgan fingerprint density at radius 3 is 2.69 bits per heavy atom. The third kappa shape index (κ3) is 6.74. The minimum absolute atomic E-state index is 0.0297. The number of hydrogen-bond acceptors (Lipinski definition) is 5. The van der Waals surface area contributed by atoms with E-state index in [1.54, 1.807) is 12.1 Å². The van der Waals surface area contributed by atoms with Gasteiger partial charge in [-0.1, -0.05) is 29.3 Å². The zero-order valence-corrected chi connectivity index (χ0v) is 19.8. The van der Waals surface area contributed by atoms with Gasteiger partial charge in [0.2, 0.25) is 5.91 Å². The Morgan fingerprint density at radius 2 is 1.97 bits per heavy atom. The van der Waals surface area contributed by atoms with Crippen LogP contribution in [0.3, 0.4) is 0 Å². The first kappa shape index (κ1) is 26.5. The van der Waals surface area contributed by atoms with Gasteiger partial charge in [0.15, 0.2) is 17.8 Å². The molecule has 4 N–H and O–H groups in total. The van der Waals surface area contributed by atoms with E-state index in [9.17, 15) is 23.2 Å². The molecule has 0 aliphatic carbocycles. The highest BCUT2D eigenvalue weighted by Gasteiger charge is 2.39. The fourth-order valence-corrected chi connectivity index (χ4v) is 3.75. The van der Waals surface area contributed by atoms with Crippen molar-refractivity contribution in [3.05, 3.63) is 92.2 Å². The summed E-state index contributed by atoms with van der Waals surface area (Å²) in [4.78, 5) is 16.2. The Hall–Kier alpha value is -3.08. The molecule has 0 radical (unpaired) electrons. The summed E-state index contributed by atoms with van der Waals surface area (Å²) in [7, 11) is 0. The van der Waals surface area contributed by atoms with Crippen molar-refractivity contribution >= 4 is 34.9 Å². The molecule has 2 aromatic heterocycles. The normalized spacial score (nSPS) is 11.4. The van der Waals surface area contributed by atoms with Crippen LogP contribution in [0.4, 0.5) is 19.0 Å². The number of nitrogens with zero attached hydrogens (tertiary/aromatic N) is 2. The quantitative estimate of drug-likeness (QED) is 0.275. The molecule has 0 saturated heterocycles. The number of halogens is 5. The van der Waals surface area contributed by atoms with Gasteiger partial charge in [-0.15, -0.1) is 0 Å². The second kappa shape index (κ2) is 11.6. The number of anilines is 1. The van der Waals surface area contributed by atoms with Crippen molar-refractivity contribution in [3.63, 3.8) is 0 Å². The third-order valence-corrected chi connectivity index (χ3v) is 5.70. The summed E-state index contributed by atoms with van der Waals surface area (Å²) >= 11 is 12.1. The molecule has 3 rings (SSSR count). The number of aromatic nitrogens is 2. The van der Waals surface area contributed by atoms with Crippen LogP contribution in [-0.4, -0.2) is 24.0 Å². The van der Waals surface area contributed by atoms with Gasteiger partial charge < -0.3 is 21.6 Å². The minimum Gasteiger partial charge on any atom is -0.618 e. The van der Waals surface area contributed by atoms with Gasteiger partial charge in [0.1, 0.15) is 0 Å². The zero-order chi connectivity index (χ0) is 25.6. The van der Waals surface area contributed by atoms with Crippen LogP contribution in [-0.2, 0) is 30.1 Å². The van der Waals surface area contributed by atoms with Crippen molar-refractivity contribution in [2.45, 2.75) is 25.3 Å². The van der Waals surface area contributed by atoms with E-state index in [1.165, 1.54) is 12.1 Å². The topological polar surface area (TPSA) is 107 Å². The van der Waals surface area contributed by atoms with E-state index >= 15 is 0 Å². The molecule has 186 valence electrons. The number of pyridine rings is 2. The lowest BCUT2D eigenvalue weighted by Crippen LogP contribution is -2.41. The lowest BCUT2D eigenvalue weighted by Gasteiger charge is -2.17. The van der Waals surface area contributed by atoms with Gasteiger partial charge in [0.05, 0.1) is 18.0 Å². The molecule has 0 fully saturated rings. The second-order valence-electron chi connectivity index (χ2n) is 7.62. The standard InChI is InChI=1S/C23H22Cl2F3N5O2/c24-16-5-4-14(6-7-29)15(9-16)11-30-20(34)10-17-18(25)12-31-22(21(17)26)32-13-23(27,28)19-3-1-2-8-33(19)35/h1-5,8-9,12H,6-7,10-11,13,29H2,(H,30,34)(H,31,32). The van der Waals surface area contributed by atoms with E-state index in [0.717, 1.165) is 29.6 Å². The highest BCUT2D eigenvalue weighted by Crippen LogP contribution is 2.28. The Balaban J connectivity index is 1.69. The average Bonchev–Trinajstić information content (AvgIpc) is 2.81. The van der Waals surface area contributed by atoms with Crippen LogP contribution in [0.25, 0.3) is 0 Å². The predicted molar refractivity (Wildman–Crippen MR) is 127 cm³/mol. The van der Waals surface area contributed by atoms with Crippen molar-refractivity contribution in [1.29, 1.82) is 0 Å². The van der Waals surface area contributed by atoms with Crippen LogP contribution in [0.5, 0.6) is 0 Å². The van der Waals surface area contributed by atoms with E-state index in [0.29, 0.717) is 18.0 Å². The maximum absolute atomic E-state index is 15.0. The lowest BCUT2D eigenvalue weighted by molar-refractivity contribution is -0.624. The van der Waals surface area contributed by atoms with E-state index < -0.39 is 42.1 Å².